The van der Waals surface area contributed by atoms with E-state index in [1.54, 1.807) is 16.7 Å². The Morgan fingerprint density at radius 1 is 1.21 bits per heavy atom. The summed E-state index contributed by atoms with van der Waals surface area (Å²) < 4.78 is 5.88. The molecule has 1 unspecified atom stereocenters. The zero-order valence-electron chi connectivity index (χ0n) is 25.6. The van der Waals surface area contributed by atoms with E-state index in [9.17, 15) is 4.79 Å². The van der Waals surface area contributed by atoms with E-state index in [1.807, 2.05) is 0 Å². The number of carbonyl (C=O) groups is 1. The lowest BCUT2D eigenvalue weighted by molar-refractivity contribution is 0.0697. The molecule has 1 N–H and O–H groups in total. The highest BCUT2D eigenvalue weighted by molar-refractivity contribution is 5.67. The molecule has 0 heterocycles. The first-order valence-electron chi connectivity index (χ1n) is 15.8. The summed E-state index contributed by atoms with van der Waals surface area (Å²) in [5, 5.41) is 2.95. The first-order chi connectivity index (χ1) is 18.1. The highest BCUT2D eigenvalue weighted by Gasteiger charge is 2.51. The minimum atomic E-state index is -0.244. The third-order valence-corrected chi connectivity index (χ3v) is 11.0. The van der Waals surface area contributed by atoms with E-state index in [-0.39, 0.29) is 17.6 Å². The van der Waals surface area contributed by atoms with E-state index in [1.165, 1.54) is 50.5 Å². The number of alkyl carbamates (subject to hydrolysis) is 1. The van der Waals surface area contributed by atoms with E-state index in [2.05, 4.69) is 71.1 Å². The molecule has 5 atom stereocenters. The van der Waals surface area contributed by atoms with Crippen molar-refractivity contribution in [1.29, 1.82) is 0 Å². The third-order valence-electron chi connectivity index (χ3n) is 11.0. The van der Waals surface area contributed by atoms with Crippen LogP contribution < -0.4 is 5.32 Å². The fraction of sp³-hybridized carbons (Fsp3) is 0.794. The van der Waals surface area contributed by atoms with Gasteiger partial charge in [-0.25, -0.2) is 4.79 Å². The van der Waals surface area contributed by atoms with Crippen molar-refractivity contribution >= 4 is 6.09 Å². The van der Waals surface area contributed by atoms with E-state index >= 15 is 0 Å². The summed E-state index contributed by atoms with van der Waals surface area (Å²) >= 11 is 0. The average Bonchev–Trinajstić information content (AvgIpc) is 3.20. The van der Waals surface area contributed by atoms with Crippen LogP contribution in [0, 0.1) is 28.6 Å². The standard InChI is InChI=1S/C34H56N2O2/c1-8-25(24(2)3)11-9-12-26-14-16-30-29-15-13-27-23-28(38-32(37)35-21-10-22-36(6)7)17-19-34(27,5)31(29)18-20-33(26,30)4/h12-13,24-25,28,30H,8-11,14-23H2,1-7H3,(H,35,37)/b26-12+/t25-,28+,30?,33-,34+/m1/s1. The average molecular weight is 525 g/mol. The van der Waals surface area contributed by atoms with Crippen LogP contribution in [0.5, 0.6) is 0 Å². The molecule has 2 fully saturated rings. The number of hydrogen-bond acceptors (Lipinski definition) is 3. The van der Waals surface area contributed by atoms with Gasteiger partial charge in [-0.2, -0.15) is 0 Å². The number of allylic oxidation sites excluding steroid dienone is 5. The molecule has 4 aliphatic carbocycles. The molecule has 38 heavy (non-hydrogen) atoms. The molecular weight excluding hydrogens is 468 g/mol. The lowest BCUT2D eigenvalue weighted by Crippen LogP contribution is -2.41. The van der Waals surface area contributed by atoms with Crippen molar-refractivity contribution in [3.8, 4) is 0 Å². The number of nitrogens with one attached hydrogen (secondary N) is 1. The quantitative estimate of drug-likeness (QED) is 0.230. The van der Waals surface area contributed by atoms with Crippen LogP contribution in [0.25, 0.3) is 0 Å². The minimum absolute atomic E-state index is 0.0120. The highest BCUT2D eigenvalue weighted by Crippen LogP contribution is 2.63. The number of ether oxygens (including phenoxy) is 1. The third kappa shape index (κ3) is 6.11. The molecule has 0 aromatic carbocycles. The molecule has 214 valence electrons. The van der Waals surface area contributed by atoms with Crippen molar-refractivity contribution < 1.29 is 9.53 Å². The van der Waals surface area contributed by atoms with Gasteiger partial charge in [-0.05, 0) is 108 Å². The Morgan fingerprint density at radius 2 is 2.00 bits per heavy atom. The Balaban J connectivity index is 1.37. The van der Waals surface area contributed by atoms with Crippen LogP contribution in [-0.4, -0.2) is 44.3 Å². The van der Waals surface area contributed by atoms with Gasteiger partial charge in [0.1, 0.15) is 6.10 Å². The number of nitrogens with zero attached hydrogens (tertiary/aromatic N) is 1. The van der Waals surface area contributed by atoms with Gasteiger partial charge in [0.15, 0.2) is 0 Å². The van der Waals surface area contributed by atoms with Crippen molar-refractivity contribution in [3.05, 3.63) is 34.4 Å². The number of amides is 1. The molecular formula is C34H56N2O2. The number of fused-ring (bicyclic) bond motifs is 4. The fourth-order valence-electron chi connectivity index (χ4n) is 8.44. The SMILES string of the molecule is CC[C@H](CC/C=C1\CCC2C3=C(CC[C@]12C)[C@@]1(C)CC[C@H](OC(=O)NCCCN(C)C)CC1=CC3)C(C)C. The van der Waals surface area contributed by atoms with Gasteiger partial charge in [0.2, 0.25) is 0 Å². The van der Waals surface area contributed by atoms with Crippen LogP contribution in [0.4, 0.5) is 4.79 Å². The van der Waals surface area contributed by atoms with Crippen molar-refractivity contribution in [2.45, 2.75) is 118 Å². The molecule has 4 nitrogen and oxygen atoms in total. The van der Waals surface area contributed by atoms with E-state index in [0.29, 0.717) is 12.0 Å². The highest BCUT2D eigenvalue weighted by atomic mass is 16.6. The van der Waals surface area contributed by atoms with Crippen molar-refractivity contribution in [2.75, 3.05) is 27.2 Å². The maximum absolute atomic E-state index is 12.4. The monoisotopic (exact) mass is 524 g/mol. The molecule has 0 bridgehead atoms. The number of hydrogen-bond donors (Lipinski definition) is 1. The molecule has 2 saturated carbocycles. The summed E-state index contributed by atoms with van der Waals surface area (Å²) in [4.78, 5) is 14.5. The fourth-order valence-corrected chi connectivity index (χ4v) is 8.44. The second-order valence-electron chi connectivity index (χ2n) is 13.9. The molecule has 1 amide bonds. The summed E-state index contributed by atoms with van der Waals surface area (Å²) in [6.45, 7) is 13.9. The van der Waals surface area contributed by atoms with Gasteiger partial charge in [0.25, 0.3) is 0 Å². The first-order valence-corrected chi connectivity index (χ1v) is 15.8. The Kier molecular flexibility index (Phi) is 9.54. The molecule has 0 aliphatic heterocycles. The van der Waals surface area contributed by atoms with Gasteiger partial charge in [-0.15, -0.1) is 0 Å². The molecule has 0 aromatic heterocycles. The van der Waals surface area contributed by atoms with Crippen LogP contribution in [0.1, 0.15) is 112 Å². The minimum Gasteiger partial charge on any atom is -0.446 e. The molecule has 4 rings (SSSR count). The zero-order valence-corrected chi connectivity index (χ0v) is 25.6. The van der Waals surface area contributed by atoms with Crippen molar-refractivity contribution in [2.24, 2.45) is 28.6 Å². The Hall–Kier alpha value is -1.55. The Bertz CT molecular complexity index is 944. The van der Waals surface area contributed by atoms with Gasteiger partial charge in [0, 0.05) is 18.4 Å². The lowest BCUT2D eigenvalue weighted by atomic mass is 9.54. The van der Waals surface area contributed by atoms with E-state index in [4.69, 9.17) is 4.74 Å². The second-order valence-corrected chi connectivity index (χ2v) is 13.9. The van der Waals surface area contributed by atoms with Crippen LogP contribution >= 0.6 is 0 Å². The van der Waals surface area contributed by atoms with Crippen molar-refractivity contribution in [3.63, 3.8) is 0 Å². The predicted octanol–water partition coefficient (Wildman–Crippen LogP) is 8.45. The van der Waals surface area contributed by atoms with Gasteiger partial charge in [-0.1, -0.05) is 75.5 Å². The van der Waals surface area contributed by atoms with Crippen LogP contribution in [-0.2, 0) is 4.74 Å². The molecule has 4 aliphatic rings. The molecule has 0 saturated heterocycles. The van der Waals surface area contributed by atoms with E-state index < -0.39 is 0 Å². The number of carbonyl (C=O) groups excluding carboxylic acids is 1. The van der Waals surface area contributed by atoms with Gasteiger partial charge in [0.05, 0.1) is 0 Å². The first kappa shape index (κ1) is 29.4. The summed E-state index contributed by atoms with van der Waals surface area (Å²) in [6, 6.07) is 0. The molecule has 0 aromatic rings. The molecule has 0 radical (unpaired) electrons. The Morgan fingerprint density at radius 3 is 2.71 bits per heavy atom. The van der Waals surface area contributed by atoms with E-state index in [0.717, 1.165) is 56.4 Å². The summed E-state index contributed by atoms with van der Waals surface area (Å²) in [6.07, 6.45) is 19.1. The summed E-state index contributed by atoms with van der Waals surface area (Å²) in [5.74, 6) is 2.37. The molecule has 4 heteroatoms. The maximum atomic E-state index is 12.4. The van der Waals surface area contributed by atoms with Crippen LogP contribution in [0.15, 0.2) is 34.4 Å². The normalized spacial score (nSPS) is 32.7. The summed E-state index contributed by atoms with van der Waals surface area (Å²) in [5.41, 5.74) is 7.38. The maximum Gasteiger partial charge on any atom is 0.407 e. The topological polar surface area (TPSA) is 41.6 Å². The van der Waals surface area contributed by atoms with Crippen molar-refractivity contribution in [1.82, 2.24) is 10.2 Å². The largest absolute Gasteiger partial charge is 0.446 e. The second kappa shape index (κ2) is 12.3. The van der Waals surface area contributed by atoms with Crippen LogP contribution in [0.3, 0.4) is 0 Å². The zero-order chi connectivity index (χ0) is 27.5. The smallest absolute Gasteiger partial charge is 0.407 e. The number of rotatable bonds is 10. The van der Waals surface area contributed by atoms with Gasteiger partial charge >= 0.3 is 6.09 Å². The van der Waals surface area contributed by atoms with Crippen LogP contribution in [0.2, 0.25) is 0 Å². The summed E-state index contributed by atoms with van der Waals surface area (Å²) in [7, 11) is 4.11. The predicted molar refractivity (Wildman–Crippen MR) is 159 cm³/mol. The Labute approximate surface area is 233 Å². The lowest BCUT2D eigenvalue weighted by Gasteiger charge is -2.51. The molecule has 0 spiro atoms. The van der Waals surface area contributed by atoms with Gasteiger partial charge < -0.3 is 15.0 Å². The van der Waals surface area contributed by atoms with Gasteiger partial charge in [-0.3, -0.25) is 0 Å².